The van der Waals surface area contributed by atoms with Crippen LogP contribution in [0.25, 0.3) is 33.5 Å². The van der Waals surface area contributed by atoms with Gasteiger partial charge in [0.05, 0.1) is 26.3 Å². The molecule has 40 heavy (non-hydrogen) atoms. The summed E-state index contributed by atoms with van der Waals surface area (Å²) in [6, 6.07) is 8.55. The first-order chi connectivity index (χ1) is 19.4. The van der Waals surface area contributed by atoms with Gasteiger partial charge >= 0.3 is 0 Å². The lowest BCUT2D eigenvalue weighted by Crippen LogP contribution is -2.56. The number of benzene rings is 1. The molecule has 212 valence electrons. The van der Waals surface area contributed by atoms with Crippen molar-refractivity contribution in [2.75, 3.05) is 57.4 Å². The number of carbonyl (C=O) groups is 1. The Hall–Kier alpha value is -3.54. The standard InChI is InChI=1S/C29H39N9O2/c1-4-38-25(18-35-10-11-37(17-24(30)39)23(16-35)19(2)3)32-26-28(36-12-14-40-15-13-36)33-27(34-29(26)38)21-6-5-7-22-20(21)8-9-31-22/h5-9,19,23,31H,4,10-18H2,1-3H3,(H2,30,39). The van der Waals surface area contributed by atoms with Gasteiger partial charge in [-0.05, 0) is 25.0 Å². The van der Waals surface area contributed by atoms with Gasteiger partial charge < -0.3 is 24.9 Å². The number of nitrogens with two attached hydrogens (primary N) is 1. The molecular weight excluding hydrogens is 506 g/mol. The van der Waals surface area contributed by atoms with Crippen molar-refractivity contribution >= 4 is 33.8 Å². The van der Waals surface area contributed by atoms with Crippen molar-refractivity contribution in [1.29, 1.82) is 0 Å². The number of H-pyrrole nitrogens is 1. The molecule has 0 bridgehead atoms. The van der Waals surface area contributed by atoms with E-state index in [1.807, 2.05) is 12.3 Å². The van der Waals surface area contributed by atoms with E-state index >= 15 is 0 Å². The zero-order chi connectivity index (χ0) is 27.8. The molecule has 11 heteroatoms. The molecule has 4 aromatic rings. The molecule has 3 aromatic heterocycles. The second-order valence-corrected chi connectivity index (χ2v) is 11.1. The van der Waals surface area contributed by atoms with Crippen LogP contribution in [0.3, 0.4) is 0 Å². The van der Waals surface area contributed by atoms with Gasteiger partial charge in [-0.25, -0.2) is 15.0 Å². The number of ether oxygens (including phenoxy) is 1. The summed E-state index contributed by atoms with van der Waals surface area (Å²) in [7, 11) is 0. The lowest BCUT2D eigenvalue weighted by atomic mass is 9.99. The van der Waals surface area contributed by atoms with Crippen LogP contribution in [0.5, 0.6) is 0 Å². The molecule has 2 aliphatic rings. The van der Waals surface area contributed by atoms with Gasteiger partial charge in [0.15, 0.2) is 22.8 Å². The summed E-state index contributed by atoms with van der Waals surface area (Å²) in [5, 5.41) is 1.10. The fraction of sp³-hybridized carbons (Fsp3) is 0.517. The summed E-state index contributed by atoms with van der Waals surface area (Å²) in [5.74, 6) is 2.71. The highest BCUT2D eigenvalue weighted by molar-refractivity contribution is 5.95. The smallest absolute Gasteiger partial charge is 0.231 e. The number of aromatic amines is 1. The van der Waals surface area contributed by atoms with E-state index in [1.165, 1.54) is 0 Å². The topological polar surface area (TPSA) is 121 Å². The lowest BCUT2D eigenvalue weighted by molar-refractivity contribution is -0.120. The minimum atomic E-state index is -0.271. The van der Waals surface area contributed by atoms with Crippen molar-refractivity contribution in [1.82, 2.24) is 34.3 Å². The Morgan fingerprint density at radius 2 is 1.95 bits per heavy atom. The van der Waals surface area contributed by atoms with Crippen molar-refractivity contribution in [3.63, 3.8) is 0 Å². The second-order valence-electron chi connectivity index (χ2n) is 11.1. The maximum Gasteiger partial charge on any atom is 0.231 e. The second kappa shape index (κ2) is 11.1. The number of primary amides is 1. The minimum absolute atomic E-state index is 0.262. The third kappa shape index (κ3) is 5.04. The van der Waals surface area contributed by atoms with Crippen LogP contribution in [0.2, 0.25) is 0 Å². The molecule has 0 spiro atoms. The van der Waals surface area contributed by atoms with Gasteiger partial charge in [0, 0.05) is 68.0 Å². The number of piperazine rings is 1. The predicted molar refractivity (Wildman–Crippen MR) is 156 cm³/mol. The largest absolute Gasteiger partial charge is 0.378 e. The molecule has 2 aliphatic heterocycles. The molecule has 1 amide bonds. The maximum atomic E-state index is 11.7. The number of carbonyl (C=O) groups excluding carboxylic acids is 1. The van der Waals surface area contributed by atoms with E-state index in [0.29, 0.717) is 38.0 Å². The Balaban J connectivity index is 1.40. The van der Waals surface area contributed by atoms with Crippen molar-refractivity contribution < 1.29 is 9.53 Å². The highest BCUT2D eigenvalue weighted by atomic mass is 16.5. The monoisotopic (exact) mass is 545 g/mol. The fourth-order valence-electron chi connectivity index (χ4n) is 6.16. The SMILES string of the molecule is CCn1c(CN2CCN(CC(N)=O)C(C(C)C)C2)nc2c(N3CCOCC3)nc(-c3cccc4[nH]ccc34)nc21. The lowest BCUT2D eigenvalue weighted by Gasteiger charge is -2.42. The molecule has 2 fully saturated rings. The van der Waals surface area contributed by atoms with E-state index in [0.717, 1.165) is 78.5 Å². The van der Waals surface area contributed by atoms with E-state index in [2.05, 4.69) is 63.2 Å². The minimum Gasteiger partial charge on any atom is -0.378 e. The Bertz CT molecular complexity index is 1500. The van der Waals surface area contributed by atoms with Crippen LogP contribution in [0.1, 0.15) is 26.6 Å². The number of morpholine rings is 1. The van der Waals surface area contributed by atoms with Crippen molar-refractivity contribution in [3.8, 4) is 11.4 Å². The summed E-state index contributed by atoms with van der Waals surface area (Å²) in [4.78, 5) is 37.4. The maximum absolute atomic E-state index is 11.7. The number of anilines is 1. The summed E-state index contributed by atoms with van der Waals surface area (Å²) in [6.07, 6.45) is 1.96. The molecule has 0 radical (unpaired) electrons. The van der Waals surface area contributed by atoms with Crippen molar-refractivity contribution in [2.45, 2.75) is 39.9 Å². The molecule has 2 saturated heterocycles. The van der Waals surface area contributed by atoms with Gasteiger partial charge in [0.1, 0.15) is 5.82 Å². The number of imidazole rings is 1. The first kappa shape index (κ1) is 26.7. The van der Waals surface area contributed by atoms with Crippen LogP contribution in [0.4, 0.5) is 5.82 Å². The first-order valence-corrected chi connectivity index (χ1v) is 14.3. The molecular formula is C29H39N9O2. The average Bonchev–Trinajstić information content (AvgIpc) is 3.57. The van der Waals surface area contributed by atoms with Gasteiger partial charge in [-0.3, -0.25) is 14.6 Å². The Kier molecular flexibility index (Phi) is 7.43. The van der Waals surface area contributed by atoms with Crippen LogP contribution in [-0.2, 0) is 22.6 Å². The van der Waals surface area contributed by atoms with Crippen LogP contribution in [0.15, 0.2) is 30.5 Å². The molecule has 5 heterocycles. The Labute approximate surface area is 234 Å². The molecule has 1 atom stereocenters. The number of rotatable bonds is 8. The Morgan fingerprint density at radius 1 is 1.12 bits per heavy atom. The number of fused-ring (bicyclic) bond motifs is 2. The molecule has 0 saturated carbocycles. The normalized spacial score (nSPS) is 19.3. The average molecular weight is 546 g/mol. The zero-order valence-corrected chi connectivity index (χ0v) is 23.6. The summed E-state index contributed by atoms with van der Waals surface area (Å²) in [6.45, 7) is 13.7. The third-order valence-corrected chi connectivity index (χ3v) is 8.23. The van der Waals surface area contributed by atoms with Crippen molar-refractivity contribution in [3.05, 3.63) is 36.3 Å². The van der Waals surface area contributed by atoms with E-state index in [9.17, 15) is 4.79 Å². The zero-order valence-electron chi connectivity index (χ0n) is 23.6. The quantitative estimate of drug-likeness (QED) is 0.346. The van der Waals surface area contributed by atoms with Gasteiger partial charge in [-0.1, -0.05) is 26.0 Å². The molecule has 1 unspecified atom stereocenters. The highest BCUT2D eigenvalue weighted by Crippen LogP contribution is 2.32. The number of hydrogen-bond donors (Lipinski definition) is 2. The number of aryl methyl sites for hydroxylation is 1. The number of nitrogens with one attached hydrogen (secondary N) is 1. The van der Waals surface area contributed by atoms with Gasteiger partial charge in [-0.2, -0.15) is 0 Å². The molecule has 1 aromatic carbocycles. The third-order valence-electron chi connectivity index (χ3n) is 8.23. The van der Waals surface area contributed by atoms with Crippen LogP contribution >= 0.6 is 0 Å². The number of nitrogens with zero attached hydrogens (tertiary/aromatic N) is 7. The molecule has 3 N–H and O–H groups in total. The Morgan fingerprint density at radius 3 is 2.70 bits per heavy atom. The van der Waals surface area contributed by atoms with E-state index in [1.54, 1.807) is 0 Å². The van der Waals surface area contributed by atoms with E-state index < -0.39 is 0 Å². The summed E-state index contributed by atoms with van der Waals surface area (Å²) < 4.78 is 7.89. The van der Waals surface area contributed by atoms with Crippen LogP contribution in [-0.4, -0.2) is 98.7 Å². The highest BCUT2D eigenvalue weighted by Gasteiger charge is 2.31. The van der Waals surface area contributed by atoms with E-state index in [4.69, 9.17) is 25.4 Å². The van der Waals surface area contributed by atoms with Gasteiger partial charge in [-0.15, -0.1) is 0 Å². The summed E-state index contributed by atoms with van der Waals surface area (Å²) >= 11 is 0. The number of aromatic nitrogens is 5. The molecule has 0 aliphatic carbocycles. The summed E-state index contributed by atoms with van der Waals surface area (Å²) in [5.41, 5.74) is 9.32. The van der Waals surface area contributed by atoms with Gasteiger partial charge in [0.25, 0.3) is 0 Å². The van der Waals surface area contributed by atoms with Gasteiger partial charge in [0.2, 0.25) is 5.91 Å². The van der Waals surface area contributed by atoms with Crippen LogP contribution in [0, 0.1) is 5.92 Å². The van der Waals surface area contributed by atoms with Crippen LogP contribution < -0.4 is 10.6 Å². The number of amides is 1. The number of hydrogen-bond acceptors (Lipinski definition) is 8. The first-order valence-electron chi connectivity index (χ1n) is 14.3. The van der Waals surface area contributed by atoms with Crippen molar-refractivity contribution in [2.24, 2.45) is 11.7 Å². The molecule has 6 rings (SSSR count). The van der Waals surface area contributed by atoms with E-state index in [-0.39, 0.29) is 11.9 Å². The predicted octanol–water partition coefficient (Wildman–Crippen LogP) is 2.46. The fourth-order valence-corrected chi connectivity index (χ4v) is 6.16. The molecule has 11 nitrogen and oxygen atoms in total.